The number of nitrogens with two attached hydrogens (primary N) is 1. The van der Waals surface area contributed by atoms with Gasteiger partial charge in [0.1, 0.15) is 30.1 Å². The normalized spacial score (nSPS) is 20.0. The van der Waals surface area contributed by atoms with Crippen molar-refractivity contribution in [2.75, 3.05) is 39.8 Å². The molecule has 3 aromatic rings. The van der Waals surface area contributed by atoms with Gasteiger partial charge < -0.3 is 29.1 Å². The summed E-state index contributed by atoms with van der Waals surface area (Å²) < 4.78 is 24.9. The van der Waals surface area contributed by atoms with Crippen LogP contribution in [0.4, 0.5) is 5.82 Å². The lowest BCUT2D eigenvalue weighted by atomic mass is 9.97. The number of aromatic nitrogens is 3. The summed E-state index contributed by atoms with van der Waals surface area (Å²) in [7, 11) is 3.36. The van der Waals surface area contributed by atoms with Crippen molar-refractivity contribution in [3.63, 3.8) is 0 Å². The van der Waals surface area contributed by atoms with Crippen LogP contribution >= 0.6 is 0 Å². The largest absolute Gasteiger partial charge is 0.491 e. The molecule has 3 aromatic heterocycles. The molecule has 0 aliphatic carbocycles. The molecule has 2 N–H and O–H groups in total. The Hall–Kier alpha value is -2.68. The van der Waals surface area contributed by atoms with Gasteiger partial charge in [0.15, 0.2) is 0 Å². The maximum absolute atomic E-state index is 6.05. The quantitative estimate of drug-likeness (QED) is 0.638. The van der Waals surface area contributed by atoms with E-state index in [2.05, 4.69) is 11.1 Å². The minimum absolute atomic E-state index is 0.0281. The highest BCUT2D eigenvalue weighted by atomic mass is 16.6. The van der Waals surface area contributed by atoms with Crippen LogP contribution in [0.3, 0.4) is 0 Å². The number of nitrogen functional groups attached to an aromatic ring is 1. The maximum Gasteiger partial charge on any atom is 0.135 e. The van der Waals surface area contributed by atoms with E-state index in [4.69, 9.17) is 29.7 Å². The van der Waals surface area contributed by atoms with Gasteiger partial charge in [-0.1, -0.05) is 0 Å². The fourth-order valence-electron chi connectivity index (χ4n) is 3.74. The molecule has 160 valence electrons. The molecule has 1 aliphatic rings. The monoisotopic (exact) mass is 412 g/mol. The van der Waals surface area contributed by atoms with Crippen LogP contribution < -0.4 is 10.5 Å². The van der Waals surface area contributed by atoms with E-state index >= 15 is 0 Å². The van der Waals surface area contributed by atoms with E-state index in [-0.39, 0.29) is 6.10 Å². The second-order valence-electron chi connectivity index (χ2n) is 7.70. The van der Waals surface area contributed by atoms with Crippen molar-refractivity contribution in [1.82, 2.24) is 14.4 Å². The number of rotatable bonds is 7. The molecule has 0 bridgehead atoms. The molecule has 0 spiro atoms. The molecule has 1 saturated heterocycles. The predicted molar refractivity (Wildman–Crippen MR) is 114 cm³/mol. The first-order valence-corrected chi connectivity index (χ1v) is 10.0. The molecule has 0 aromatic carbocycles. The second kappa shape index (κ2) is 8.22. The molecule has 4 heterocycles. The second-order valence-corrected chi connectivity index (χ2v) is 7.70. The zero-order valence-electron chi connectivity index (χ0n) is 17.8. The highest BCUT2D eigenvalue weighted by molar-refractivity contribution is 5.81. The first-order chi connectivity index (χ1) is 14.5. The van der Waals surface area contributed by atoms with Crippen LogP contribution in [0.15, 0.2) is 30.6 Å². The minimum Gasteiger partial charge on any atom is -0.491 e. The molecule has 0 amide bonds. The van der Waals surface area contributed by atoms with Crippen molar-refractivity contribution >= 4 is 11.3 Å². The number of methoxy groups -OCH3 is 2. The van der Waals surface area contributed by atoms with Crippen molar-refractivity contribution < 1.29 is 18.9 Å². The Balaban J connectivity index is 1.85. The van der Waals surface area contributed by atoms with Crippen molar-refractivity contribution in [1.29, 1.82) is 0 Å². The summed E-state index contributed by atoms with van der Waals surface area (Å²) in [5, 5.41) is 0. The third-order valence-corrected chi connectivity index (χ3v) is 5.68. The predicted octanol–water partition coefficient (Wildman–Crippen LogP) is 2.96. The van der Waals surface area contributed by atoms with Crippen molar-refractivity contribution in [3.05, 3.63) is 42.0 Å². The number of pyridine rings is 1. The number of aryl methyl sites for hydroxylation is 1. The summed E-state index contributed by atoms with van der Waals surface area (Å²) >= 11 is 0. The SMILES string of the molecule is CO[C@H](C)COc1cc(-c2cc(C)n3cnc(N)cc23)nc([C@]2(OC)CCOC2)c1. The Morgan fingerprint density at radius 3 is 2.80 bits per heavy atom. The summed E-state index contributed by atoms with van der Waals surface area (Å²) in [5.74, 6) is 1.17. The fourth-order valence-corrected chi connectivity index (χ4v) is 3.74. The van der Waals surface area contributed by atoms with Gasteiger partial charge in [0.2, 0.25) is 0 Å². The Morgan fingerprint density at radius 1 is 1.27 bits per heavy atom. The highest BCUT2D eigenvalue weighted by Gasteiger charge is 2.39. The van der Waals surface area contributed by atoms with Gasteiger partial charge in [-0.05, 0) is 19.9 Å². The Kier molecular flexibility index (Phi) is 5.64. The fraction of sp³-hybridized carbons (Fsp3) is 0.455. The Morgan fingerprint density at radius 2 is 2.10 bits per heavy atom. The minimum atomic E-state index is -0.591. The number of fused-ring (bicyclic) bond motifs is 1. The maximum atomic E-state index is 6.05. The number of nitrogens with zero attached hydrogens (tertiary/aromatic N) is 3. The molecular formula is C22H28N4O4. The lowest BCUT2D eigenvalue weighted by Gasteiger charge is -2.26. The van der Waals surface area contributed by atoms with Gasteiger partial charge in [-0.25, -0.2) is 9.97 Å². The van der Waals surface area contributed by atoms with Crippen molar-refractivity contribution in [3.8, 4) is 17.0 Å². The topological polar surface area (TPSA) is 93.1 Å². The van der Waals surface area contributed by atoms with Gasteiger partial charge in [-0.2, -0.15) is 0 Å². The highest BCUT2D eigenvalue weighted by Crippen LogP contribution is 2.37. The van der Waals surface area contributed by atoms with Gasteiger partial charge in [0.05, 0.1) is 29.6 Å². The van der Waals surface area contributed by atoms with Crippen molar-refractivity contribution in [2.24, 2.45) is 0 Å². The molecule has 2 atom stereocenters. The lowest BCUT2D eigenvalue weighted by molar-refractivity contribution is -0.0247. The van der Waals surface area contributed by atoms with E-state index in [1.54, 1.807) is 20.5 Å². The van der Waals surface area contributed by atoms with Gasteiger partial charge >= 0.3 is 0 Å². The van der Waals surface area contributed by atoms with E-state index in [9.17, 15) is 0 Å². The summed E-state index contributed by atoms with van der Waals surface area (Å²) in [6.07, 6.45) is 2.44. The standard InChI is InChI=1S/C22H28N4O4/c1-14-7-17(19-10-21(23)24-13-26(14)19)18-8-16(30-11-15(2)27-3)9-20(25-18)22(28-4)5-6-29-12-22/h7-10,13,15H,5-6,11-12,23H2,1-4H3/t15-,22+/m1/s1. The van der Waals surface area contributed by atoms with Crippen LogP contribution in [-0.2, 0) is 19.8 Å². The van der Waals surface area contributed by atoms with E-state index < -0.39 is 5.60 Å². The molecule has 8 heteroatoms. The zero-order chi connectivity index (χ0) is 21.3. The summed E-state index contributed by atoms with van der Waals surface area (Å²) in [4.78, 5) is 9.18. The lowest BCUT2D eigenvalue weighted by Crippen LogP contribution is -2.30. The third kappa shape index (κ3) is 3.74. The van der Waals surface area contributed by atoms with Crippen molar-refractivity contribution in [2.45, 2.75) is 32.0 Å². The number of anilines is 1. The molecule has 0 saturated carbocycles. The Labute approximate surface area is 175 Å². The summed E-state index contributed by atoms with van der Waals surface area (Å²) in [5.41, 5.74) is 9.88. The number of ether oxygens (including phenoxy) is 4. The summed E-state index contributed by atoms with van der Waals surface area (Å²) in [6, 6.07) is 7.81. The van der Waals surface area contributed by atoms with Crippen LogP contribution in [0, 0.1) is 6.92 Å². The molecule has 0 unspecified atom stereocenters. The van der Waals surface area contributed by atoms with Gasteiger partial charge in [-0.15, -0.1) is 0 Å². The number of hydrogen-bond donors (Lipinski definition) is 1. The van der Waals surface area contributed by atoms with E-state index in [0.29, 0.717) is 31.4 Å². The molecule has 1 aliphatic heterocycles. The van der Waals surface area contributed by atoms with Crippen LogP contribution in [0.25, 0.3) is 16.8 Å². The molecule has 0 radical (unpaired) electrons. The first kappa shape index (κ1) is 20.6. The van der Waals surface area contributed by atoms with Gasteiger partial charge in [0.25, 0.3) is 0 Å². The zero-order valence-corrected chi connectivity index (χ0v) is 17.8. The average molecular weight is 412 g/mol. The van der Waals surface area contributed by atoms with Crippen LogP contribution in [0.5, 0.6) is 5.75 Å². The third-order valence-electron chi connectivity index (χ3n) is 5.68. The van der Waals surface area contributed by atoms with E-state index in [0.717, 1.165) is 34.6 Å². The van der Waals surface area contributed by atoms with Gasteiger partial charge in [-0.3, -0.25) is 0 Å². The molecular weight excluding hydrogens is 384 g/mol. The molecule has 30 heavy (non-hydrogen) atoms. The molecule has 1 fully saturated rings. The smallest absolute Gasteiger partial charge is 0.135 e. The van der Waals surface area contributed by atoms with Crippen LogP contribution in [0.2, 0.25) is 0 Å². The average Bonchev–Trinajstić information content (AvgIpc) is 3.37. The number of hydrogen-bond acceptors (Lipinski definition) is 7. The van der Waals surface area contributed by atoms with Crippen LogP contribution in [0.1, 0.15) is 24.7 Å². The van der Waals surface area contributed by atoms with E-state index in [1.807, 2.05) is 36.4 Å². The molecule has 8 nitrogen and oxygen atoms in total. The first-order valence-electron chi connectivity index (χ1n) is 10.0. The van der Waals surface area contributed by atoms with Crippen LogP contribution in [-0.4, -0.2) is 54.5 Å². The van der Waals surface area contributed by atoms with E-state index in [1.165, 1.54) is 0 Å². The molecule has 4 rings (SSSR count). The summed E-state index contributed by atoms with van der Waals surface area (Å²) in [6.45, 7) is 5.51. The van der Waals surface area contributed by atoms with Gasteiger partial charge in [0, 0.05) is 56.7 Å². The Bertz CT molecular complexity index is 1040.